The maximum absolute atomic E-state index is 12.7. The predicted octanol–water partition coefficient (Wildman–Crippen LogP) is 2.15. The maximum atomic E-state index is 12.7. The van der Waals surface area contributed by atoms with Gasteiger partial charge in [-0.05, 0) is 23.8 Å². The smallest absolute Gasteiger partial charge is 0.341 e. The van der Waals surface area contributed by atoms with Crippen molar-refractivity contribution in [3.05, 3.63) is 53.7 Å². The Balaban J connectivity index is 2.05. The Morgan fingerprint density at radius 1 is 1.12 bits per heavy atom. The number of carbonyl (C=O) groups excluding carboxylic acids is 2. The molecule has 0 spiro atoms. The molecule has 0 radical (unpaired) electrons. The molecule has 0 aliphatic carbocycles. The van der Waals surface area contributed by atoms with Crippen LogP contribution in [0.1, 0.15) is 17.9 Å². The van der Waals surface area contributed by atoms with Crippen molar-refractivity contribution in [2.24, 2.45) is 5.73 Å². The van der Waals surface area contributed by atoms with Gasteiger partial charge in [-0.3, -0.25) is 9.78 Å². The molecule has 3 rings (SSSR count). The van der Waals surface area contributed by atoms with Crippen LogP contribution in [0, 0.1) is 24.7 Å². The molecule has 1 unspecified atom stereocenters. The normalized spacial score (nSPS) is 14.3. The third kappa shape index (κ3) is 4.82. The highest BCUT2D eigenvalue weighted by Crippen LogP contribution is 2.42. The number of hydrogen-bond donors (Lipinski definition) is 1. The summed E-state index contributed by atoms with van der Waals surface area (Å²) in [5, 5.41) is 0. The summed E-state index contributed by atoms with van der Waals surface area (Å²) in [6, 6.07) is 7.09. The zero-order valence-corrected chi connectivity index (χ0v) is 17.3. The van der Waals surface area contributed by atoms with Gasteiger partial charge in [0, 0.05) is 23.2 Å². The van der Waals surface area contributed by atoms with E-state index in [1.165, 1.54) is 0 Å². The average molecular weight is 432 g/mol. The fraction of sp³-hybridized carbons (Fsp3) is 0.208. The minimum absolute atomic E-state index is 0.0219. The molecule has 0 saturated heterocycles. The quantitative estimate of drug-likeness (QED) is 0.524. The average Bonchev–Trinajstić information content (AvgIpc) is 2.81. The van der Waals surface area contributed by atoms with E-state index in [4.69, 9.17) is 37.5 Å². The number of benzene rings is 1. The summed E-state index contributed by atoms with van der Waals surface area (Å²) in [4.78, 5) is 29.2. The lowest BCUT2D eigenvalue weighted by molar-refractivity contribution is -0.142. The third-order valence-corrected chi connectivity index (χ3v) is 4.70. The molecule has 2 N–H and O–H groups in total. The lowest BCUT2D eigenvalue weighted by atomic mass is 9.84. The summed E-state index contributed by atoms with van der Waals surface area (Å²) < 4.78 is 20.9. The van der Waals surface area contributed by atoms with E-state index in [0.717, 1.165) is 11.1 Å². The van der Waals surface area contributed by atoms with Crippen LogP contribution in [0.2, 0.25) is 0 Å². The number of pyridine rings is 1. The van der Waals surface area contributed by atoms with Gasteiger partial charge in [0.2, 0.25) is 5.88 Å². The topological polar surface area (TPSA) is 110 Å². The van der Waals surface area contributed by atoms with Gasteiger partial charge in [0.15, 0.2) is 13.2 Å². The highest BCUT2D eigenvalue weighted by atomic mass is 16.5. The van der Waals surface area contributed by atoms with Crippen molar-refractivity contribution >= 4 is 11.9 Å². The van der Waals surface area contributed by atoms with Crippen molar-refractivity contribution in [2.75, 3.05) is 20.3 Å². The first-order valence-corrected chi connectivity index (χ1v) is 9.49. The Morgan fingerprint density at radius 2 is 1.88 bits per heavy atom. The van der Waals surface area contributed by atoms with Crippen LogP contribution in [0.25, 0.3) is 11.1 Å². The Kier molecular flexibility index (Phi) is 6.99. The predicted molar refractivity (Wildman–Crippen MR) is 115 cm³/mol. The number of nitrogens with zero attached hydrogens (tertiary/aromatic N) is 1. The molecule has 1 aromatic heterocycles. The van der Waals surface area contributed by atoms with E-state index in [1.807, 2.05) is 0 Å². The summed E-state index contributed by atoms with van der Waals surface area (Å²) >= 11 is 0. The standard InChI is InChI=1S/C24H20N2O6/c1-4-8-30-21(27)12-19-18-11-15(16-10-17(29-3)14-26-13-16)6-7-20(18)32-23(25)22(19)24(28)31-9-5-2/h1-2,6-7,10-11,13-14,19H,8-9,12,25H2,3H3. The molecule has 1 aromatic carbocycles. The first-order chi connectivity index (χ1) is 15.5. The molecular formula is C24H20N2O6. The first kappa shape index (κ1) is 22.3. The van der Waals surface area contributed by atoms with Crippen LogP contribution in [0.3, 0.4) is 0 Å². The van der Waals surface area contributed by atoms with Crippen molar-refractivity contribution < 1.29 is 28.5 Å². The summed E-state index contributed by atoms with van der Waals surface area (Å²) in [5.74, 6) is 3.05. The number of terminal acetylenes is 2. The van der Waals surface area contributed by atoms with Gasteiger partial charge >= 0.3 is 11.9 Å². The Hall–Kier alpha value is -4.43. The molecule has 1 aliphatic rings. The minimum Gasteiger partial charge on any atom is -0.495 e. The van der Waals surface area contributed by atoms with Crippen LogP contribution < -0.4 is 15.2 Å². The maximum Gasteiger partial charge on any atom is 0.341 e. The van der Waals surface area contributed by atoms with Crippen LogP contribution >= 0.6 is 0 Å². The third-order valence-electron chi connectivity index (χ3n) is 4.70. The second-order valence-corrected chi connectivity index (χ2v) is 6.65. The van der Waals surface area contributed by atoms with Crippen molar-refractivity contribution in [2.45, 2.75) is 12.3 Å². The monoisotopic (exact) mass is 432 g/mol. The number of ether oxygens (including phenoxy) is 4. The Bertz CT molecular complexity index is 1160. The molecule has 2 aromatic rings. The number of carbonyl (C=O) groups is 2. The highest BCUT2D eigenvalue weighted by molar-refractivity contribution is 5.93. The Labute approximate surface area is 185 Å². The second kappa shape index (κ2) is 10.1. The molecule has 162 valence electrons. The van der Waals surface area contributed by atoms with Crippen LogP contribution in [0.15, 0.2) is 48.1 Å². The van der Waals surface area contributed by atoms with Crippen LogP contribution in [0.5, 0.6) is 11.5 Å². The fourth-order valence-electron chi connectivity index (χ4n) is 3.27. The van der Waals surface area contributed by atoms with E-state index < -0.39 is 17.9 Å². The lowest BCUT2D eigenvalue weighted by Gasteiger charge is -2.28. The van der Waals surface area contributed by atoms with Gasteiger partial charge in [0.05, 0.1) is 19.7 Å². The lowest BCUT2D eigenvalue weighted by Crippen LogP contribution is -2.28. The van der Waals surface area contributed by atoms with E-state index in [9.17, 15) is 9.59 Å². The van der Waals surface area contributed by atoms with Crippen molar-refractivity contribution in [3.63, 3.8) is 0 Å². The van der Waals surface area contributed by atoms with Gasteiger partial charge in [-0.15, -0.1) is 12.8 Å². The first-order valence-electron chi connectivity index (χ1n) is 9.49. The van der Waals surface area contributed by atoms with E-state index in [2.05, 4.69) is 16.8 Å². The number of methoxy groups -OCH3 is 1. The number of fused-ring (bicyclic) bond motifs is 1. The van der Waals surface area contributed by atoms with E-state index in [-0.39, 0.29) is 31.1 Å². The molecule has 2 heterocycles. The zero-order valence-electron chi connectivity index (χ0n) is 17.3. The summed E-state index contributed by atoms with van der Waals surface area (Å²) in [6.45, 7) is -0.452. The minimum atomic E-state index is -0.798. The SMILES string of the molecule is C#CCOC(=O)CC1C(C(=O)OCC#C)=C(N)Oc2ccc(-c3cncc(OC)c3)cc21. The van der Waals surface area contributed by atoms with E-state index in [1.54, 1.807) is 43.8 Å². The molecule has 0 bridgehead atoms. The van der Waals surface area contributed by atoms with Crippen molar-refractivity contribution in [3.8, 4) is 47.3 Å². The van der Waals surface area contributed by atoms with Crippen molar-refractivity contribution in [1.29, 1.82) is 0 Å². The van der Waals surface area contributed by atoms with Crippen molar-refractivity contribution in [1.82, 2.24) is 4.98 Å². The van der Waals surface area contributed by atoms with Gasteiger partial charge in [0.1, 0.15) is 17.1 Å². The highest BCUT2D eigenvalue weighted by Gasteiger charge is 2.36. The fourth-order valence-corrected chi connectivity index (χ4v) is 3.27. The number of hydrogen-bond acceptors (Lipinski definition) is 8. The largest absolute Gasteiger partial charge is 0.495 e. The van der Waals surface area contributed by atoms with Gasteiger partial charge in [0.25, 0.3) is 0 Å². The number of nitrogens with two attached hydrogens (primary N) is 1. The van der Waals surface area contributed by atoms with Gasteiger partial charge in [-0.1, -0.05) is 17.9 Å². The second-order valence-electron chi connectivity index (χ2n) is 6.65. The summed E-state index contributed by atoms with van der Waals surface area (Å²) in [5.41, 5.74) is 8.06. The number of rotatable bonds is 7. The molecule has 0 amide bonds. The van der Waals surface area contributed by atoms with Gasteiger partial charge in [-0.25, -0.2) is 4.79 Å². The zero-order chi connectivity index (χ0) is 23.1. The summed E-state index contributed by atoms with van der Waals surface area (Å²) in [6.07, 6.45) is 13.4. The van der Waals surface area contributed by atoms with E-state index >= 15 is 0 Å². The van der Waals surface area contributed by atoms with Crippen LogP contribution in [0.4, 0.5) is 0 Å². The Morgan fingerprint density at radius 3 is 2.59 bits per heavy atom. The molecular weight excluding hydrogens is 412 g/mol. The van der Waals surface area contributed by atoms with Gasteiger partial charge < -0.3 is 24.7 Å². The molecule has 1 aliphatic heterocycles. The summed E-state index contributed by atoms with van der Waals surface area (Å²) in [7, 11) is 1.54. The molecule has 8 nitrogen and oxygen atoms in total. The van der Waals surface area contributed by atoms with Gasteiger partial charge in [-0.2, -0.15) is 0 Å². The van der Waals surface area contributed by atoms with Crippen LogP contribution in [-0.4, -0.2) is 37.2 Å². The molecule has 0 saturated carbocycles. The molecule has 8 heteroatoms. The molecule has 0 fully saturated rings. The molecule has 1 atom stereocenters. The van der Waals surface area contributed by atoms with E-state index in [0.29, 0.717) is 17.1 Å². The number of aromatic nitrogens is 1. The number of esters is 2. The van der Waals surface area contributed by atoms with Crippen LogP contribution in [-0.2, 0) is 19.1 Å². The molecule has 32 heavy (non-hydrogen) atoms.